The Morgan fingerprint density at radius 3 is 2.07 bits per heavy atom. The van der Waals surface area contributed by atoms with Crippen LogP contribution in [0, 0.1) is 0 Å². The van der Waals surface area contributed by atoms with Crippen molar-refractivity contribution in [2.45, 2.75) is 18.5 Å². The third kappa shape index (κ3) is 3.85. The van der Waals surface area contributed by atoms with Crippen molar-refractivity contribution in [2.75, 3.05) is 13.3 Å². The van der Waals surface area contributed by atoms with Gasteiger partial charge in [0.05, 0.1) is 31.1 Å². The highest BCUT2D eigenvalue weighted by molar-refractivity contribution is 6.05. The van der Waals surface area contributed by atoms with Crippen molar-refractivity contribution in [1.82, 2.24) is 4.90 Å². The summed E-state index contributed by atoms with van der Waals surface area (Å²) in [6, 6.07) is 31.2. The van der Waals surface area contributed by atoms with Gasteiger partial charge in [0.1, 0.15) is 0 Å². The van der Waals surface area contributed by atoms with Crippen molar-refractivity contribution >= 4 is 5.71 Å². The Labute approximate surface area is 160 Å². The molecule has 0 spiro atoms. The summed E-state index contributed by atoms with van der Waals surface area (Å²) < 4.78 is 0. The van der Waals surface area contributed by atoms with E-state index >= 15 is 0 Å². The van der Waals surface area contributed by atoms with E-state index in [4.69, 9.17) is 4.99 Å². The summed E-state index contributed by atoms with van der Waals surface area (Å²) in [5.41, 5.74) is 4.67. The highest BCUT2D eigenvalue weighted by Gasteiger charge is 2.35. The van der Waals surface area contributed by atoms with Gasteiger partial charge in [0.25, 0.3) is 0 Å². The van der Waals surface area contributed by atoms with E-state index in [0.717, 1.165) is 23.3 Å². The molecule has 0 fully saturated rings. The van der Waals surface area contributed by atoms with Crippen LogP contribution in [0.2, 0.25) is 0 Å². The van der Waals surface area contributed by atoms with Gasteiger partial charge < -0.3 is 5.11 Å². The number of rotatable bonds is 6. The zero-order chi connectivity index (χ0) is 18.5. The molecule has 1 heterocycles. The van der Waals surface area contributed by atoms with Gasteiger partial charge in [-0.3, -0.25) is 9.89 Å². The van der Waals surface area contributed by atoms with Crippen LogP contribution in [-0.2, 0) is 6.42 Å². The normalized spacial score (nSPS) is 18.3. The van der Waals surface area contributed by atoms with Gasteiger partial charge in [0, 0.05) is 0 Å². The highest BCUT2D eigenvalue weighted by atomic mass is 16.3. The Balaban J connectivity index is 1.68. The summed E-state index contributed by atoms with van der Waals surface area (Å²) in [7, 11) is 0. The predicted octanol–water partition coefficient (Wildman–Crippen LogP) is 4.09. The Hall–Kier alpha value is -2.75. The molecule has 0 aromatic heterocycles. The van der Waals surface area contributed by atoms with Gasteiger partial charge in [-0.15, -0.1) is 0 Å². The van der Waals surface area contributed by atoms with Gasteiger partial charge in [-0.2, -0.15) is 0 Å². The molecule has 0 saturated heterocycles. The van der Waals surface area contributed by atoms with E-state index in [2.05, 4.69) is 65.6 Å². The number of hydrogen-bond donors (Lipinski definition) is 1. The molecule has 3 aromatic rings. The van der Waals surface area contributed by atoms with E-state index in [-0.39, 0.29) is 18.7 Å². The molecule has 3 heteroatoms. The van der Waals surface area contributed by atoms with Gasteiger partial charge >= 0.3 is 0 Å². The van der Waals surface area contributed by atoms with E-state index in [1.165, 1.54) is 5.56 Å². The van der Waals surface area contributed by atoms with Crippen LogP contribution in [0.25, 0.3) is 0 Å². The molecular weight excluding hydrogens is 332 g/mol. The molecule has 3 aromatic carbocycles. The van der Waals surface area contributed by atoms with Crippen LogP contribution in [0.3, 0.4) is 0 Å². The zero-order valence-electron chi connectivity index (χ0n) is 15.3. The van der Waals surface area contributed by atoms with Crippen molar-refractivity contribution in [1.29, 1.82) is 0 Å². The number of aliphatic imine (C=N–C) groups is 1. The average molecular weight is 356 g/mol. The van der Waals surface area contributed by atoms with Crippen LogP contribution in [0.5, 0.6) is 0 Å². The van der Waals surface area contributed by atoms with Crippen LogP contribution < -0.4 is 0 Å². The molecule has 0 radical (unpaired) electrons. The molecule has 2 atom stereocenters. The second kappa shape index (κ2) is 8.30. The Morgan fingerprint density at radius 1 is 0.852 bits per heavy atom. The van der Waals surface area contributed by atoms with Crippen molar-refractivity contribution < 1.29 is 5.11 Å². The first-order valence-corrected chi connectivity index (χ1v) is 9.42. The topological polar surface area (TPSA) is 35.8 Å². The first-order valence-electron chi connectivity index (χ1n) is 9.42. The summed E-state index contributed by atoms with van der Waals surface area (Å²) in [4.78, 5) is 7.21. The quantitative estimate of drug-likeness (QED) is 0.722. The summed E-state index contributed by atoms with van der Waals surface area (Å²) >= 11 is 0. The minimum Gasteiger partial charge on any atom is -0.394 e. The van der Waals surface area contributed by atoms with Gasteiger partial charge in [0.15, 0.2) is 0 Å². The zero-order valence-corrected chi connectivity index (χ0v) is 15.3. The predicted molar refractivity (Wildman–Crippen MR) is 110 cm³/mol. The van der Waals surface area contributed by atoms with E-state index in [1.54, 1.807) is 0 Å². The van der Waals surface area contributed by atoms with Crippen LogP contribution in [0.1, 0.15) is 22.7 Å². The molecule has 1 N–H and O–H groups in total. The van der Waals surface area contributed by atoms with E-state index in [9.17, 15) is 5.11 Å². The molecular formula is C24H24N2O. The molecule has 3 nitrogen and oxygen atoms in total. The van der Waals surface area contributed by atoms with Crippen LogP contribution in [-0.4, -0.2) is 35.0 Å². The van der Waals surface area contributed by atoms with E-state index in [0.29, 0.717) is 6.67 Å². The van der Waals surface area contributed by atoms with Gasteiger partial charge in [0.2, 0.25) is 0 Å². The van der Waals surface area contributed by atoms with Crippen LogP contribution in [0.4, 0.5) is 0 Å². The number of nitrogens with zero attached hydrogens (tertiary/aromatic N) is 2. The largest absolute Gasteiger partial charge is 0.394 e. The Kier molecular flexibility index (Phi) is 5.42. The third-order valence-electron chi connectivity index (χ3n) is 5.22. The molecule has 0 saturated carbocycles. The first-order chi connectivity index (χ1) is 13.4. The van der Waals surface area contributed by atoms with Crippen molar-refractivity contribution in [3.8, 4) is 0 Å². The summed E-state index contributed by atoms with van der Waals surface area (Å²) in [5.74, 6) is 0. The van der Waals surface area contributed by atoms with E-state index in [1.807, 2.05) is 30.3 Å². The monoisotopic (exact) mass is 356 g/mol. The Morgan fingerprint density at radius 2 is 1.44 bits per heavy atom. The second-order valence-corrected chi connectivity index (χ2v) is 6.88. The maximum atomic E-state index is 10.2. The standard InChI is InChI=1S/C24H24N2O/c27-17-23(20-12-6-2-7-13-20)26-18-25-24(21-14-8-3-9-15-21)22(26)16-19-10-4-1-5-11-19/h1-15,22-23,27H,16-18H2/t22-,23-/m0/s1. The second-order valence-electron chi connectivity index (χ2n) is 6.88. The molecule has 136 valence electrons. The fraction of sp³-hybridized carbons (Fsp3) is 0.208. The lowest BCUT2D eigenvalue weighted by molar-refractivity contribution is 0.119. The highest BCUT2D eigenvalue weighted by Crippen LogP contribution is 2.30. The first kappa shape index (κ1) is 17.7. The minimum atomic E-state index is -0.0649. The molecule has 0 unspecified atom stereocenters. The molecule has 0 amide bonds. The molecule has 0 bridgehead atoms. The molecule has 0 aliphatic carbocycles. The number of aliphatic hydroxyl groups is 1. The Bertz CT molecular complexity index is 878. The summed E-state index contributed by atoms with van der Waals surface area (Å²) in [5, 5.41) is 10.2. The number of aliphatic hydroxyl groups excluding tert-OH is 1. The molecule has 1 aliphatic heterocycles. The molecule has 4 rings (SSSR count). The maximum Gasteiger partial charge on any atom is 0.0925 e. The molecule has 27 heavy (non-hydrogen) atoms. The lowest BCUT2D eigenvalue weighted by Crippen LogP contribution is -2.41. The van der Waals surface area contributed by atoms with Crippen molar-refractivity contribution in [3.63, 3.8) is 0 Å². The van der Waals surface area contributed by atoms with Crippen LogP contribution >= 0.6 is 0 Å². The molecule has 1 aliphatic rings. The van der Waals surface area contributed by atoms with Gasteiger partial charge in [-0.1, -0.05) is 91.0 Å². The number of hydrogen-bond acceptors (Lipinski definition) is 3. The van der Waals surface area contributed by atoms with E-state index < -0.39 is 0 Å². The SMILES string of the molecule is OC[C@@H](c1ccccc1)N1CN=C(c2ccccc2)[C@@H]1Cc1ccccc1. The number of benzene rings is 3. The van der Waals surface area contributed by atoms with Crippen molar-refractivity contribution in [2.24, 2.45) is 4.99 Å². The lowest BCUT2D eigenvalue weighted by atomic mass is 9.94. The smallest absolute Gasteiger partial charge is 0.0925 e. The fourth-order valence-electron chi connectivity index (χ4n) is 3.86. The summed E-state index contributed by atoms with van der Waals surface area (Å²) in [6.07, 6.45) is 0.873. The van der Waals surface area contributed by atoms with Crippen LogP contribution in [0.15, 0.2) is 96.0 Å². The minimum absolute atomic E-state index is 0.0649. The van der Waals surface area contributed by atoms with Crippen molar-refractivity contribution in [3.05, 3.63) is 108 Å². The lowest BCUT2D eigenvalue weighted by Gasteiger charge is -2.32. The maximum absolute atomic E-state index is 10.2. The average Bonchev–Trinajstić information content (AvgIpc) is 3.14. The van der Waals surface area contributed by atoms with Gasteiger partial charge in [-0.25, -0.2) is 0 Å². The van der Waals surface area contributed by atoms with Gasteiger partial charge in [-0.05, 0) is 23.1 Å². The summed E-state index contributed by atoms with van der Waals surface area (Å²) in [6.45, 7) is 0.675. The fourth-order valence-corrected chi connectivity index (χ4v) is 3.86. The third-order valence-corrected chi connectivity index (χ3v) is 5.22.